The molecule has 0 spiro atoms. The van der Waals surface area contributed by atoms with Crippen LogP contribution >= 0.6 is 0 Å². The number of likely N-dealkylation sites (tertiary alicyclic amines) is 2. The van der Waals surface area contributed by atoms with Gasteiger partial charge >= 0.3 is 0 Å². The molecule has 0 bridgehead atoms. The summed E-state index contributed by atoms with van der Waals surface area (Å²) in [5, 5.41) is 0. The fourth-order valence-electron chi connectivity index (χ4n) is 4.20. The van der Waals surface area contributed by atoms with E-state index >= 15 is 0 Å². The van der Waals surface area contributed by atoms with Crippen molar-refractivity contribution >= 4 is 0 Å². The van der Waals surface area contributed by atoms with E-state index in [2.05, 4.69) is 37.3 Å². The van der Waals surface area contributed by atoms with Crippen LogP contribution in [0.3, 0.4) is 0 Å². The van der Waals surface area contributed by atoms with Gasteiger partial charge in [-0.25, -0.2) is 0 Å². The van der Waals surface area contributed by atoms with Crippen molar-refractivity contribution in [1.82, 2.24) is 0 Å². The van der Waals surface area contributed by atoms with E-state index in [-0.39, 0.29) is 0 Å². The van der Waals surface area contributed by atoms with Crippen LogP contribution in [0.4, 0.5) is 0 Å². The molecule has 110 valence electrons. The Balaban J connectivity index is 1.47. The first-order valence-electron chi connectivity index (χ1n) is 8.53. The van der Waals surface area contributed by atoms with Crippen molar-refractivity contribution in [3.8, 4) is 0 Å². The van der Waals surface area contributed by atoms with E-state index in [1.54, 1.807) is 4.90 Å². The van der Waals surface area contributed by atoms with Crippen LogP contribution in [0.1, 0.15) is 38.2 Å². The first-order valence-corrected chi connectivity index (χ1v) is 8.53. The van der Waals surface area contributed by atoms with Gasteiger partial charge in [0.25, 0.3) is 0 Å². The van der Waals surface area contributed by atoms with Crippen molar-refractivity contribution in [2.45, 2.75) is 45.2 Å². The fraction of sp³-hybridized carbons (Fsp3) is 0.667. The van der Waals surface area contributed by atoms with Gasteiger partial charge in [-0.15, -0.1) is 0 Å². The third kappa shape index (κ3) is 3.62. The van der Waals surface area contributed by atoms with Gasteiger partial charge in [-0.3, -0.25) is 0 Å². The van der Waals surface area contributed by atoms with Gasteiger partial charge in [0.05, 0.1) is 32.2 Å². The topological polar surface area (TPSA) is 8.88 Å². The predicted octanol–water partition coefficient (Wildman–Crippen LogP) is 0.549. The summed E-state index contributed by atoms with van der Waals surface area (Å²) in [5.41, 5.74) is 1.50. The Morgan fingerprint density at radius 1 is 1.00 bits per heavy atom. The quantitative estimate of drug-likeness (QED) is 0.796. The standard InChI is InChI=1S/C18H28N2/c1-16-6-5-11-20(14-16)18-9-12-19(13-10-18)15-17-7-3-2-4-8-17/h2-4,7-8,16,18H,5-6,9-15H2,1H3/p+2/t16-/m1/s1. The van der Waals surface area contributed by atoms with Gasteiger partial charge in [0.2, 0.25) is 0 Å². The summed E-state index contributed by atoms with van der Waals surface area (Å²) < 4.78 is 0. The molecule has 0 aliphatic carbocycles. The number of quaternary nitrogens is 2. The highest BCUT2D eigenvalue weighted by Crippen LogP contribution is 2.07. The average molecular weight is 274 g/mol. The van der Waals surface area contributed by atoms with Crippen LogP contribution in [0.15, 0.2) is 30.3 Å². The Kier molecular flexibility index (Phi) is 4.74. The molecule has 2 aliphatic rings. The maximum atomic E-state index is 2.44. The van der Waals surface area contributed by atoms with Crippen molar-refractivity contribution in [3.05, 3.63) is 35.9 Å². The lowest BCUT2D eigenvalue weighted by atomic mass is 9.95. The Morgan fingerprint density at radius 3 is 2.45 bits per heavy atom. The number of benzene rings is 1. The minimum absolute atomic E-state index is 0.952. The molecule has 1 aromatic rings. The molecule has 2 nitrogen and oxygen atoms in total. The molecule has 0 aromatic heterocycles. The molecule has 2 heteroatoms. The molecule has 2 aliphatic heterocycles. The number of hydrogen-bond donors (Lipinski definition) is 2. The zero-order valence-corrected chi connectivity index (χ0v) is 12.9. The number of hydrogen-bond acceptors (Lipinski definition) is 0. The molecule has 2 atom stereocenters. The zero-order chi connectivity index (χ0) is 13.8. The third-order valence-electron chi connectivity index (χ3n) is 5.37. The lowest BCUT2D eigenvalue weighted by Crippen LogP contribution is -3.21. The minimum Gasteiger partial charge on any atom is -0.332 e. The molecule has 3 rings (SSSR count). The fourth-order valence-corrected chi connectivity index (χ4v) is 4.20. The number of rotatable bonds is 3. The van der Waals surface area contributed by atoms with Crippen LogP contribution in [0.2, 0.25) is 0 Å². The van der Waals surface area contributed by atoms with Gasteiger partial charge in [-0.2, -0.15) is 0 Å². The monoisotopic (exact) mass is 274 g/mol. The second kappa shape index (κ2) is 6.73. The Hall–Kier alpha value is -0.860. The van der Waals surface area contributed by atoms with Gasteiger partial charge in [0.1, 0.15) is 6.54 Å². The second-order valence-electron chi connectivity index (χ2n) is 7.05. The lowest BCUT2D eigenvalue weighted by molar-refractivity contribution is -0.967. The van der Waals surface area contributed by atoms with Crippen LogP contribution in [0.25, 0.3) is 0 Å². The van der Waals surface area contributed by atoms with Crippen LogP contribution in [-0.4, -0.2) is 32.2 Å². The summed E-state index contributed by atoms with van der Waals surface area (Å²) in [6.45, 7) is 9.27. The van der Waals surface area contributed by atoms with Gasteiger partial charge in [-0.05, 0) is 12.8 Å². The summed E-state index contributed by atoms with van der Waals surface area (Å²) in [6.07, 6.45) is 5.78. The van der Waals surface area contributed by atoms with E-state index in [1.807, 2.05) is 4.90 Å². The van der Waals surface area contributed by atoms with E-state index < -0.39 is 0 Å². The molecule has 2 N–H and O–H groups in total. The predicted molar refractivity (Wildman–Crippen MR) is 83.0 cm³/mol. The van der Waals surface area contributed by atoms with Crippen LogP contribution in [-0.2, 0) is 6.54 Å². The SMILES string of the molecule is C[C@@H]1CCC[NH+](C2CC[NH+](Cc3ccccc3)CC2)C1. The molecular weight excluding hydrogens is 244 g/mol. The molecule has 0 saturated carbocycles. The molecule has 2 heterocycles. The molecule has 2 fully saturated rings. The zero-order valence-electron chi connectivity index (χ0n) is 12.9. The normalized spacial score (nSPS) is 34.9. The van der Waals surface area contributed by atoms with E-state index in [9.17, 15) is 0 Å². The molecule has 1 unspecified atom stereocenters. The van der Waals surface area contributed by atoms with Crippen molar-refractivity contribution in [2.24, 2.45) is 5.92 Å². The van der Waals surface area contributed by atoms with Crippen molar-refractivity contribution in [1.29, 1.82) is 0 Å². The first-order chi connectivity index (χ1) is 9.81. The molecular formula is C18H30N2+2. The summed E-state index contributed by atoms with van der Waals surface area (Å²) in [5.74, 6) is 0.952. The Labute approximate surface area is 123 Å². The molecule has 20 heavy (non-hydrogen) atoms. The van der Waals surface area contributed by atoms with Gasteiger partial charge in [0, 0.05) is 24.3 Å². The van der Waals surface area contributed by atoms with Crippen LogP contribution in [0.5, 0.6) is 0 Å². The maximum absolute atomic E-state index is 2.44. The van der Waals surface area contributed by atoms with Crippen LogP contribution < -0.4 is 9.80 Å². The van der Waals surface area contributed by atoms with Crippen molar-refractivity contribution in [2.75, 3.05) is 26.2 Å². The van der Waals surface area contributed by atoms with Gasteiger partial charge in [-0.1, -0.05) is 37.3 Å². The van der Waals surface area contributed by atoms with E-state index in [4.69, 9.17) is 0 Å². The largest absolute Gasteiger partial charge is 0.332 e. The van der Waals surface area contributed by atoms with Gasteiger partial charge in [0.15, 0.2) is 0 Å². The Bertz CT molecular complexity index is 395. The van der Waals surface area contributed by atoms with Crippen molar-refractivity contribution in [3.63, 3.8) is 0 Å². The summed E-state index contributed by atoms with van der Waals surface area (Å²) in [7, 11) is 0. The molecule has 2 saturated heterocycles. The van der Waals surface area contributed by atoms with E-state index in [1.165, 1.54) is 64.0 Å². The molecule has 1 aromatic carbocycles. The second-order valence-corrected chi connectivity index (χ2v) is 7.05. The molecule has 0 radical (unpaired) electrons. The first kappa shape index (κ1) is 14.1. The third-order valence-corrected chi connectivity index (χ3v) is 5.37. The summed E-state index contributed by atoms with van der Waals surface area (Å²) in [4.78, 5) is 3.71. The maximum Gasteiger partial charge on any atom is 0.103 e. The van der Waals surface area contributed by atoms with E-state index in [0.717, 1.165) is 12.0 Å². The summed E-state index contributed by atoms with van der Waals surface area (Å²) in [6, 6.07) is 12.0. The lowest BCUT2D eigenvalue weighted by Gasteiger charge is -2.37. The van der Waals surface area contributed by atoms with Gasteiger partial charge < -0.3 is 9.80 Å². The highest BCUT2D eigenvalue weighted by atomic mass is 15.2. The number of piperidine rings is 2. The van der Waals surface area contributed by atoms with E-state index in [0.29, 0.717) is 0 Å². The smallest absolute Gasteiger partial charge is 0.103 e. The average Bonchev–Trinajstić information content (AvgIpc) is 2.49. The Morgan fingerprint density at radius 2 is 1.75 bits per heavy atom. The van der Waals surface area contributed by atoms with Crippen molar-refractivity contribution < 1.29 is 9.80 Å². The van der Waals surface area contributed by atoms with Crippen LogP contribution in [0, 0.1) is 5.92 Å². The number of nitrogens with one attached hydrogen (secondary N) is 2. The highest BCUT2D eigenvalue weighted by Gasteiger charge is 2.32. The highest BCUT2D eigenvalue weighted by molar-refractivity contribution is 5.13. The molecule has 0 amide bonds. The summed E-state index contributed by atoms with van der Waals surface area (Å²) >= 11 is 0. The minimum atomic E-state index is 0.952.